The van der Waals surface area contributed by atoms with Crippen molar-refractivity contribution in [3.05, 3.63) is 54.4 Å². The molecule has 1 aromatic carbocycles. The van der Waals surface area contributed by atoms with Crippen LogP contribution in [0.1, 0.15) is 12.5 Å². The molecule has 0 aliphatic carbocycles. The molecule has 0 spiro atoms. The summed E-state index contributed by atoms with van der Waals surface area (Å²) in [4.78, 5) is 9.10. The second-order valence-corrected chi connectivity index (χ2v) is 5.89. The molecule has 0 unspecified atom stereocenters. The van der Waals surface area contributed by atoms with Crippen LogP contribution >= 0.6 is 0 Å². The molecular weight excluding hydrogens is 330 g/mol. The van der Waals surface area contributed by atoms with Crippen molar-refractivity contribution in [1.29, 1.82) is 0 Å². The maximum Gasteiger partial charge on any atom is 0.225 e. The summed E-state index contributed by atoms with van der Waals surface area (Å²) in [6, 6.07) is 11.7. The van der Waals surface area contributed by atoms with Gasteiger partial charge in [0.2, 0.25) is 11.8 Å². The van der Waals surface area contributed by atoms with E-state index in [1.54, 1.807) is 29.3 Å². The molecule has 0 fully saturated rings. The maximum absolute atomic E-state index is 6.14. The lowest BCUT2D eigenvalue weighted by molar-refractivity contribution is 0.577. The molecule has 26 heavy (non-hydrogen) atoms. The number of anilines is 1. The summed E-state index contributed by atoms with van der Waals surface area (Å²) in [5.74, 6) is 1.27. The maximum atomic E-state index is 6.14. The van der Waals surface area contributed by atoms with Gasteiger partial charge in [-0.1, -0.05) is 25.1 Å². The van der Waals surface area contributed by atoms with Crippen LogP contribution in [-0.2, 0) is 6.42 Å². The number of para-hydroxylation sites is 1. The topological polar surface area (TPSA) is 100 Å². The molecule has 0 aliphatic rings. The van der Waals surface area contributed by atoms with Gasteiger partial charge in [0, 0.05) is 0 Å². The lowest BCUT2D eigenvalue weighted by Crippen LogP contribution is -2.06. The van der Waals surface area contributed by atoms with Crippen molar-refractivity contribution in [2.45, 2.75) is 13.3 Å². The number of hydrogen-bond donors (Lipinski definition) is 1. The number of aromatic nitrogens is 6. The Morgan fingerprint density at radius 2 is 1.96 bits per heavy atom. The van der Waals surface area contributed by atoms with Gasteiger partial charge in [-0.05, 0) is 30.2 Å². The molecule has 0 atom stereocenters. The van der Waals surface area contributed by atoms with Gasteiger partial charge in [0.1, 0.15) is 0 Å². The van der Waals surface area contributed by atoms with Gasteiger partial charge in [0.05, 0.1) is 23.5 Å². The fourth-order valence-corrected chi connectivity index (χ4v) is 3.11. The first-order valence-corrected chi connectivity index (χ1v) is 8.28. The minimum Gasteiger partial charge on any atom is -0.461 e. The molecule has 4 aromatic heterocycles. The van der Waals surface area contributed by atoms with Gasteiger partial charge in [0.15, 0.2) is 17.1 Å². The highest BCUT2D eigenvalue weighted by atomic mass is 16.3. The van der Waals surface area contributed by atoms with Gasteiger partial charge in [-0.15, -0.1) is 5.10 Å². The monoisotopic (exact) mass is 345 g/mol. The Hall–Kier alpha value is -3.68. The highest BCUT2D eigenvalue weighted by Gasteiger charge is 2.18. The van der Waals surface area contributed by atoms with E-state index in [1.165, 1.54) is 10.1 Å². The smallest absolute Gasteiger partial charge is 0.225 e. The number of benzene rings is 1. The Bertz CT molecular complexity index is 1230. The summed E-state index contributed by atoms with van der Waals surface area (Å²) >= 11 is 0. The predicted molar refractivity (Wildman–Crippen MR) is 96.9 cm³/mol. The molecule has 5 aromatic rings. The standard InChI is InChI=1S/C18H15N7O/c1-2-11-6-3-4-7-13(11)24-17-12(10-20-24)16-21-15(14-8-5-9-26-14)23-25(16)18(19)22-17/h3-10H,2H2,1H3,(H2,19,22). The number of furan rings is 1. The van der Waals surface area contributed by atoms with Crippen LogP contribution in [0.4, 0.5) is 5.95 Å². The number of rotatable bonds is 3. The van der Waals surface area contributed by atoms with Crippen LogP contribution in [0.3, 0.4) is 0 Å². The zero-order valence-electron chi connectivity index (χ0n) is 14.0. The SMILES string of the molecule is CCc1ccccc1-n1ncc2c1nc(N)n1nc(-c3ccco3)nc21. The van der Waals surface area contributed by atoms with Crippen molar-refractivity contribution in [3.8, 4) is 17.3 Å². The van der Waals surface area contributed by atoms with Gasteiger partial charge in [-0.25, -0.2) is 9.67 Å². The Morgan fingerprint density at radius 3 is 2.77 bits per heavy atom. The molecule has 0 saturated carbocycles. The first kappa shape index (κ1) is 14.6. The number of nitrogens with zero attached hydrogens (tertiary/aromatic N) is 6. The van der Waals surface area contributed by atoms with Crippen LogP contribution < -0.4 is 5.73 Å². The Morgan fingerprint density at radius 1 is 1.08 bits per heavy atom. The van der Waals surface area contributed by atoms with Crippen molar-refractivity contribution < 1.29 is 4.42 Å². The van der Waals surface area contributed by atoms with E-state index in [0.717, 1.165) is 17.5 Å². The zero-order valence-corrected chi connectivity index (χ0v) is 14.0. The van der Waals surface area contributed by atoms with Gasteiger partial charge < -0.3 is 10.2 Å². The summed E-state index contributed by atoms with van der Waals surface area (Å²) in [6.45, 7) is 2.11. The second-order valence-electron chi connectivity index (χ2n) is 5.89. The van der Waals surface area contributed by atoms with E-state index in [9.17, 15) is 0 Å². The Balaban J connectivity index is 1.79. The van der Waals surface area contributed by atoms with Gasteiger partial charge in [-0.2, -0.15) is 14.6 Å². The van der Waals surface area contributed by atoms with Crippen LogP contribution in [0.25, 0.3) is 34.0 Å². The lowest BCUT2D eigenvalue weighted by Gasteiger charge is -2.08. The molecule has 5 rings (SSSR count). The minimum absolute atomic E-state index is 0.244. The summed E-state index contributed by atoms with van der Waals surface area (Å²) in [5, 5.41) is 9.71. The average Bonchev–Trinajstić information content (AvgIpc) is 3.39. The average molecular weight is 345 g/mol. The molecule has 8 heteroatoms. The Labute approximate surface area is 147 Å². The third-order valence-electron chi connectivity index (χ3n) is 4.37. The third kappa shape index (κ3) is 2.02. The zero-order chi connectivity index (χ0) is 17.7. The van der Waals surface area contributed by atoms with Crippen LogP contribution in [0.2, 0.25) is 0 Å². The molecule has 0 amide bonds. The van der Waals surface area contributed by atoms with Crippen LogP contribution in [0.5, 0.6) is 0 Å². The normalized spacial score (nSPS) is 11.6. The van der Waals surface area contributed by atoms with E-state index in [1.807, 2.05) is 18.2 Å². The highest BCUT2D eigenvalue weighted by Crippen LogP contribution is 2.26. The lowest BCUT2D eigenvalue weighted by atomic mass is 10.1. The molecule has 4 heterocycles. The van der Waals surface area contributed by atoms with Gasteiger partial charge >= 0.3 is 0 Å². The first-order chi connectivity index (χ1) is 12.8. The molecule has 0 saturated heterocycles. The number of fused-ring (bicyclic) bond motifs is 3. The van der Waals surface area contributed by atoms with Crippen LogP contribution in [0, 0.1) is 0 Å². The quantitative estimate of drug-likeness (QED) is 0.540. The number of hydrogen-bond acceptors (Lipinski definition) is 6. The molecular formula is C18H15N7O. The van der Waals surface area contributed by atoms with E-state index in [0.29, 0.717) is 22.9 Å². The van der Waals surface area contributed by atoms with Crippen molar-refractivity contribution in [2.75, 3.05) is 5.73 Å². The first-order valence-electron chi connectivity index (χ1n) is 8.28. The second kappa shape index (κ2) is 5.41. The van der Waals surface area contributed by atoms with Crippen molar-refractivity contribution >= 4 is 22.6 Å². The van der Waals surface area contributed by atoms with E-state index in [4.69, 9.17) is 10.2 Å². The summed E-state index contributed by atoms with van der Waals surface area (Å²) in [5.41, 5.74) is 9.54. The molecule has 2 N–H and O–H groups in total. The van der Waals surface area contributed by atoms with Crippen LogP contribution in [-0.4, -0.2) is 29.4 Å². The van der Waals surface area contributed by atoms with Crippen molar-refractivity contribution in [1.82, 2.24) is 29.4 Å². The summed E-state index contributed by atoms with van der Waals surface area (Å²) in [6.07, 6.45) is 4.21. The molecule has 8 nitrogen and oxygen atoms in total. The summed E-state index contributed by atoms with van der Waals surface area (Å²) in [7, 11) is 0. The molecule has 0 bridgehead atoms. The molecule has 0 aliphatic heterocycles. The van der Waals surface area contributed by atoms with Gasteiger partial charge in [-0.3, -0.25) is 0 Å². The van der Waals surface area contributed by atoms with E-state index in [-0.39, 0.29) is 5.95 Å². The van der Waals surface area contributed by atoms with E-state index in [2.05, 4.69) is 33.2 Å². The number of nitrogen functional groups attached to an aromatic ring is 1. The number of aryl methyl sites for hydroxylation is 1. The van der Waals surface area contributed by atoms with E-state index >= 15 is 0 Å². The predicted octanol–water partition coefficient (Wildman–Crippen LogP) is 2.87. The highest BCUT2D eigenvalue weighted by molar-refractivity contribution is 5.91. The number of nitrogens with two attached hydrogens (primary N) is 1. The summed E-state index contributed by atoms with van der Waals surface area (Å²) < 4.78 is 8.69. The molecule has 0 radical (unpaired) electrons. The van der Waals surface area contributed by atoms with Crippen molar-refractivity contribution in [2.24, 2.45) is 0 Å². The van der Waals surface area contributed by atoms with E-state index < -0.39 is 0 Å². The Kier molecular flexibility index (Phi) is 3.05. The molecule has 128 valence electrons. The largest absolute Gasteiger partial charge is 0.461 e. The fraction of sp³-hybridized carbons (Fsp3) is 0.111. The third-order valence-corrected chi connectivity index (χ3v) is 4.37. The van der Waals surface area contributed by atoms with Crippen LogP contribution in [0.15, 0.2) is 53.3 Å². The van der Waals surface area contributed by atoms with Crippen molar-refractivity contribution in [3.63, 3.8) is 0 Å². The van der Waals surface area contributed by atoms with Gasteiger partial charge in [0.25, 0.3) is 0 Å². The minimum atomic E-state index is 0.244. The fourth-order valence-electron chi connectivity index (χ4n) is 3.11.